The summed E-state index contributed by atoms with van der Waals surface area (Å²) < 4.78 is 0. The number of nitro groups is 1. The van der Waals surface area contributed by atoms with E-state index >= 15 is 0 Å². The van der Waals surface area contributed by atoms with Crippen LogP contribution in [0, 0.1) is 10.1 Å². The van der Waals surface area contributed by atoms with Gasteiger partial charge in [-0.3, -0.25) is 10.1 Å². The summed E-state index contributed by atoms with van der Waals surface area (Å²) >= 11 is 0. The molecule has 16 heavy (non-hydrogen) atoms. The van der Waals surface area contributed by atoms with Gasteiger partial charge in [-0.25, -0.2) is 5.43 Å². The zero-order valence-electron chi connectivity index (χ0n) is 7.68. The molecule has 0 spiro atoms. The smallest absolute Gasteiger partial charge is 0.258 e. The van der Waals surface area contributed by atoms with Crippen LogP contribution in [0.5, 0.6) is 0 Å². The van der Waals surface area contributed by atoms with Crippen LogP contribution in [0.2, 0.25) is 0 Å². The highest BCUT2D eigenvalue weighted by Gasteiger charge is 2.16. The van der Waals surface area contributed by atoms with Gasteiger partial charge in [-0.15, -0.1) is 5.53 Å². The molecule has 10 nitrogen and oxygen atoms in total. The van der Waals surface area contributed by atoms with E-state index in [0.29, 0.717) is 0 Å². The van der Waals surface area contributed by atoms with Gasteiger partial charge in [0.05, 0.1) is 4.92 Å². The topological polar surface area (TPSA) is 153 Å². The molecule has 0 saturated carbocycles. The van der Waals surface area contributed by atoms with Crippen molar-refractivity contribution in [2.75, 3.05) is 5.43 Å². The van der Waals surface area contributed by atoms with Crippen molar-refractivity contribution < 1.29 is 4.92 Å². The van der Waals surface area contributed by atoms with Crippen molar-refractivity contribution in [3.05, 3.63) is 49.2 Å². The molecule has 1 N–H and O–H groups in total. The molecule has 0 fully saturated rings. The number of benzene rings is 1. The maximum atomic E-state index is 10.6. The first-order valence-electron chi connectivity index (χ1n) is 3.82. The van der Waals surface area contributed by atoms with E-state index in [1.54, 1.807) is 0 Å². The lowest BCUT2D eigenvalue weighted by atomic mass is 10.2. The highest BCUT2D eigenvalue weighted by Crippen LogP contribution is 2.29. The second-order valence-corrected chi connectivity index (χ2v) is 2.45. The SMILES string of the molecule is [N-]=[N+]=NNc1ccc(N=[N+]=[N-])cc1[N+](=O)[O-]. The van der Waals surface area contributed by atoms with Crippen molar-refractivity contribution in [3.63, 3.8) is 0 Å². The molecule has 80 valence electrons. The molecule has 10 heteroatoms. The summed E-state index contributed by atoms with van der Waals surface area (Å²) in [6.45, 7) is 0. The zero-order valence-corrected chi connectivity index (χ0v) is 7.68. The van der Waals surface area contributed by atoms with Crippen molar-refractivity contribution >= 4 is 17.1 Å². The molecule has 1 aromatic carbocycles. The Bertz CT molecular complexity index is 513. The molecule has 0 atom stereocenters. The Morgan fingerprint density at radius 1 is 1.38 bits per heavy atom. The van der Waals surface area contributed by atoms with Gasteiger partial charge in [0.2, 0.25) is 5.69 Å². The third-order valence-corrected chi connectivity index (χ3v) is 1.55. The molecule has 0 aromatic heterocycles. The highest BCUT2D eigenvalue weighted by atomic mass is 16.6. The minimum atomic E-state index is -0.689. The summed E-state index contributed by atoms with van der Waals surface area (Å²) in [5.74, 6) is 0. The minimum absolute atomic E-state index is 0.0136. The van der Waals surface area contributed by atoms with E-state index in [-0.39, 0.29) is 17.1 Å². The first kappa shape index (κ1) is 11.1. The van der Waals surface area contributed by atoms with Gasteiger partial charge in [0.15, 0.2) is 0 Å². The number of nitrogens with one attached hydrogen (secondary N) is 1. The lowest BCUT2D eigenvalue weighted by molar-refractivity contribution is -0.383. The fourth-order valence-electron chi connectivity index (χ4n) is 0.956. The molecule has 1 aromatic rings. The molecule has 0 amide bonds. The average molecular weight is 220 g/mol. The maximum Gasteiger partial charge on any atom is 0.316 e. The van der Waals surface area contributed by atoms with Crippen LogP contribution in [0.3, 0.4) is 0 Å². The van der Waals surface area contributed by atoms with Gasteiger partial charge in [0.25, 0.3) is 0 Å². The molecule has 0 aliphatic heterocycles. The number of hydrogen-bond donors (Lipinski definition) is 1. The predicted octanol–water partition coefficient (Wildman–Crippen LogP) is 3.17. The van der Waals surface area contributed by atoms with Gasteiger partial charge >= 0.3 is 5.69 Å². The van der Waals surface area contributed by atoms with Gasteiger partial charge in [-0.05, 0) is 22.9 Å². The van der Waals surface area contributed by atoms with E-state index < -0.39 is 4.92 Å². The van der Waals surface area contributed by atoms with E-state index in [1.165, 1.54) is 12.1 Å². The number of azide groups is 2. The maximum absolute atomic E-state index is 10.6. The van der Waals surface area contributed by atoms with Gasteiger partial charge in [0.1, 0.15) is 0 Å². The minimum Gasteiger partial charge on any atom is -0.258 e. The normalized spacial score (nSPS) is 8.50. The van der Waals surface area contributed by atoms with Crippen molar-refractivity contribution in [3.8, 4) is 0 Å². The summed E-state index contributed by atoms with van der Waals surface area (Å²) in [4.78, 5) is 14.8. The molecule has 1 rings (SSSR count). The van der Waals surface area contributed by atoms with E-state index in [9.17, 15) is 10.1 Å². The highest BCUT2D eigenvalue weighted by molar-refractivity contribution is 5.66. The van der Waals surface area contributed by atoms with E-state index in [4.69, 9.17) is 11.1 Å². The van der Waals surface area contributed by atoms with Crippen LogP contribution in [0.1, 0.15) is 0 Å². The Kier molecular flexibility index (Phi) is 3.51. The van der Waals surface area contributed by atoms with Crippen LogP contribution in [0.15, 0.2) is 28.5 Å². The molecule has 0 heterocycles. The van der Waals surface area contributed by atoms with Crippen molar-refractivity contribution in [2.45, 2.75) is 0 Å². The summed E-state index contributed by atoms with van der Waals surface area (Å²) in [6.07, 6.45) is 0. The van der Waals surface area contributed by atoms with Gasteiger partial charge in [0, 0.05) is 16.7 Å². The lowest BCUT2D eigenvalue weighted by Crippen LogP contribution is -1.94. The molecule has 0 radical (unpaired) electrons. The zero-order chi connectivity index (χ0) is 12.0. The quantitative estimate of drug-likeness (QED) is 0.272. The van der Waals surface area contributed by atoms with Crippen molar-refractivity contribution in [2.24, 2.45) is 10.3 Å². The molecule has 0 bridgehead atoms. The number of anilines is 1. The molecule has 0 unspecified atom stereocenters. The number of rotatable bonds is 4. The largest absolute Gasteiger partial charge is 0.316 e. The van der Waals surface area contributed by atoms with E-state index in [2.05, 4.69) is 25.6 Å². The van der Waals surface area contributed by atoms with Gasteiger partial charge < -0.3 is 0 Å². The van der Waals surface area contributed by atoms with Crippen molar-refractivity contribution in [1.82, 2.24) is 0 Å². The fraction of sp³-hybridized carbons (Fsp3) is 0. The summed E-state index contributed by atoms with van der Waals surface area (Å²) in [5, 5.41) is 16.8. The van der Waals surface area contributed by atoms with Crippen LogP contribution in [-0.4, -0.2) is 4.92 Å². The van der Waals surface area contributed by atoms with Gasteiger partial charge in [-0.2, -0.15) is 4.91 Å². The van der Waals surface area contributed by atoms with Crippen LogP contribution < -0.4 is 5.43 Å². The first-order chi connectivity index (χ1) is 7.69. The monoisotopic (exact) mass is 220 g/mol. The predicted molar refractivity (Wildman–Crippen MR) is 54.7 cm³/mol. The molecule has 0 aliphatic carbocycles. The van der Waals surface area contributed by atoms with Crippen LogP contribution in [0.4, 0.5) is 17.1 Å². The second kappa shape index (κ2) is 5.05. The Balaban J connectivity index is 3.23. The Morgan fingerprint density at radius 2 is 2.12 bits per heavy atom. The number of nitro benzene ring substituents is 1. The van der Waals surface area contributed by atoms with E-state index in [0.717, 1.165) is 6.07 Å². The first-order valence-corrected chi connectivity index (χ1v) is 3.82. The summed E-state index contributed by atoms with van der Waals surface area (Å²) in [7, 11) is 0. The molecular weight excluding hydrogens is 216 g/mol. The Hall–Kier alpha value is -2.96. The Morgan fingerprint density at radius 3 is 2.69 bits per heavy atom. The van der Waals surface area contributed by atoms with Crippen LogP contribution >= 0.6 is 0 Å². The second-order valence-electron chi connectivity index (χ2n) is 2.45. The summed E-state index contributed by atoms with van der Waals surface area (Å²) in [5.41, 5.74) is 18.1. The third kappa shape index (κ3) is 2.51. The summed E-state index contributed by atoms with van der Waals surface area (Å²) in [6, 6.07) is 3.69. The standard InChI is InChI=1S/C6H4N8O2/c7-11-9-4-1-2-5(10-13-12-8)6(3-4)14(15)16/h1-3,10H. The Labute approximate surface area is 87.9 Å². The number of hydrogen-bond acceptors (Lipinski definition) is 4. The van der Waals surface area contributed by atoms with E-state index in [1.807, 2.05) is 0 Å². The lowest BCUT2D eigenvalue weighted by Gasteiger charge is -1.98. The molecule has 0 saturated heterocycles. The third-order valence-electron chi connectivity index (χ3n) is 1.55. The van der Waals surface area contributed by atoms with Crippen LogP contribution in [0.25, 0.3) is 20.9 Å². The number of nitrogens with zero attached hydrogens (tertiary/aromatic N) is 7. The van der Waals surface area contributed by atoms with Gasteiger partial charge in [-0.1, -0.05) is 5.11 Å². The molecule has 0 aliphatic rings. The fourth-order valence-corrected chi connectivity index (χ4v) is 0.956. The van der Waals surface area contributed by atoms with Crippen LogP contribution in [-0.2, 0) is 0 Å². The molecular formula is C6H4N8O2. The van der Waals surface area contributed by atoms with Crippen molar-refractivity contribution in [1.29, 1.82) is 0 Å². The average Bonchev–Trinajstić information content (AvgIpc) is 2.27.